The molecule has 2 heterocycles. The number of amides is 1. The van der Waals surface area contributed by atoms with E-state index in [1.807, 2.05) is 0 Å². The Bertz CT molecular complexity index is 543. The second-order valence-electron chi connectivity index (χ2n) is 5.31. The molecule has 0 radical (unpaired) electrons. The van der Waals surface area contributed by atoms with Crippen LogP contribution in [-0.4, -0.2) is 57.6 Å². The largest absolute Gasteiger partial charge is 0.465 e. The van der Waals surface area contributed by atoms with Crippen LogP contribution in [0.15, 0.2) is 6.20 Å². The molecule has 0 saturated carbocycles. The molecular formula is C14H22N4O4. The quantitative estimate of drug-likeness (QED) is 0.782. The maximum absolute atomic E-state index is 11.9. The number of rotatable bonds is 5. The van der Waals surface area contributed by atoms with E-state index in [-0.39, 0.29) is 6.04 Å². The van der Waals surface area contributed by atoms with Gasteiger partial charge in [-0.3, -0.25) is 4.68 Å². The number of esters is 1. The third-order valence-corrected chi connectivity index (χ3v) is 3.76. The Labute approximate surface area is 129 Å². The summed E-state index contributed by atoms with van der Waals surface area (Å²) in [7, 11) is 1.70. The number of hydrogen-bond acceptors (Lipinski definition) is 5. The number of carbonyl (C=O) groups excluding carboxylic acids is 1. The number of nitrogens with one attached hydrogen (secondary N) is 1. The maximum Gasteiger partial charge on any atom is 0.407 e. The Morgan fingerprint density at radius 1 is 1.55 bits per heavy atom. The summed E-state index contributed by atoms with van der Waals surface area (Å²) in [5.41, 5.74) is 1.19. The van der Waals surface area contributed by atoms with Crippen molar-refractivity contribution >= 4 is 12.1 Å². The van der Waals surface area contributed by atoms with Crippen LogP contribution in [0.4, 0.5) is 4.79 Å². The van der Waals surface area contributed by atoms with E-state index in [1.165, 1.54) is 9.58 Å². The Hall–Kier alpha value is -2.09. The van der Waals surface area contributed by atoms with E-state index in [0.717, 1.165) is 18.4 Å². The summed E-state index contributed by atoms with van der Waals surface area (Å²) < 4.78 is 6.53. The van der Waals surface area contributed by atoms with Crippen LogP contribution in [0.1, 0.15) is 35.8 Å². The summed E-state index contributed by atoms with van der Waals surface area (Å²) in [6.07, 6.45) is 2.50. The predicted octanol–water partition coefficient (Wildman–Crippen LogP) is 0.829. The van der Waals surface area contributed by atoms with E-state index in [1.54, 1.807) is 20.2 Å². The zero-order valence-electron chi connectivity index (χ0n) is 12.9. The molecule has 8 nitrogen and oxygen atoms in total. The third-order valence-electron chi connectivity index (χ3n) is 3.76. The number of carboxylic acid groups (broad SMARTS) is 1. The van der Waals surface area contributed by atoms with Gasteiger partial charge in [0, 0.05) is 38.3 Å². The van der Waals surface area contributed by atoms with Gasteiger partial charge in [0.2, 0.25) is 0 Å². The topological polar surface area (TPSA) is 96.7 Å². The second kappa shape index (κ2) is 7.26. The highest BCUT2D eigenvalue weighted by molar-refractivity contribution is 5.89. The van der Waals surface area contributed by atoms with Gasteiger partial charge >= 0.3 is 12.1 Å². The van der Waals surface area contributed by atoms with Crippen LogP contribution in [0.2, 0.25) is 0 Å². The lowest BCUT2D eigenvalue weighted by Crippen LogP contribution is -2.47. The van der Waals surface area contributed by atoms with Crippen molar-refractivity contribution in [1.82, 2.24) is 20.0 Å². The number of hydrogen-bond donors (Lipinski definition) is 2. The fraction of sp³-hybridized carbons (Fsp3) is 0.643. The first-order valence-corrected chi connectivity index (χ1v) is 7.42. The molecule has 2 rings (SSSR count). The van der Waals surface area contributed by atoms with Crippen molar-refractivity contribution < 1.29 is 19.4 Å². The lowest BCUT2D eigenvalue weighted by molar-refractivity contribution is 0.0512. The fourth-order valence-electron chi connectivity index (χ4n) is 2.65. The molecule has 122 valence electrons. The van der Waals surface area contributed by atoms with Crippen LogP contribution in [0, 0.1) is 0 Å². The van der Waals surface area contributed by atoms with Crippen molar-refractivity contribution in [1.29, 1.82) is 0 Å². The van der Waals surface area contributed by atoms with Crippen LogP contribution < -0.4 is 5.32 Å². The van der Waals surface area contributed by atoms with Gasteiger partial charge in [0.25, 0.3) is 0 Å². The lowest BCUT2D eigenvalue weighted by Gasteiger charge is -2.31. The van der Waals surface area contributed by atoms with Crippen LogP contribution >= 0.6 is 0 Å². The molecule has 1 aliphatic rings. The highest BCUT2D eigenvalue weighted by Gasteiger charge is 2.24. The van der Waals surface area contributed by atoms with E-state index in [4.69, 9.17) is 9.84 Å². The predicted molar refractivity (Wildman–Crippen MR) is 78.6 cm³/mol. The molecule has 1 saturated heterocycles. The first-order chi connectivity index (χ1) is 10.5. The van der Waals surface area contributed by atoms with Crippen molar-refractivity contribution in [2.45, 2.75) is 32.4 Å². The number of piperidine rings is 1. The molecule has 22 heavy (non-hydrogen) atoms. The fourth-order valence-corrected chi connectivity index (χ4v) is 2.65. The van der Waals surface area contributed by atoms with Gasteiger partial charge in [-0.15, -0.1) is 0 Å². The van der Waals surface area contributed by atoms with Gasteiger partial charge in [0.15, 0.2) is 5.69 Å². The van der Waals surface area contributed by atoms with Gasteiger partial charge in [-0.2, -0.15) is 5.10 Å². The van der Waals surface area contributed by atoms with E-state index < -0.39 is 12.1 Å². The first kappa shape index (κ1) is 16.3. The van der Waals surface area contributed by atoms with E-state index in [2.05, 4.69) is 10.4 Å². The van der Waals surface area contributed by atoms with Gasteiger partial charge in [-0.05, 0) is 19.8 Å². The Morgan fingerprint density at radius 3 is 3.00 bits per heavy atom. The minimum Gasteiger partial charge on any atom is -0.465 e. The van der Waals surface area contributed by atoms with Crippen molar-refractivity contribution in [3.8, 4) is 0 Å². The molecule has 1 aliphatic heterocycles. The average Bonchev–Trinajstić information content (AvgIpc) is 2.86. The average molecular weight is 310 g/mol. The third kappa shape index (κ3) is 3.76. The van der Waals surface area contributed by atoms with E-state index in [0.29, 0.717) is 31.9 Å². The normalized spacial score (nSPS) is 18.3. The summed E-state index contributed by atoms with van der Waals surface area (Å²) in [6.45, 7) is 3.57. The summed E-state index contributed by atoms with van der Waals surface area (Å²) in [5.74, 6) is -0.393. The zero-order valence-corrected chi connectivity index (χ0v) is 12.9. The number of nitrogens with zero attached hydrogens (tertiary/aromatic N) is 3. The molecule has 1 unspecified atom stereocenters. The molecule has 8 heteroatoms. The van der Waals surface area contributed by atoms with Crippen molar-refractivity contribution in [3.63, 3.8) is 0 Å². The minimum atomic E-state index is -0.889. The van der Waals surface area contributed by atoms with Gasteiger partial charge in [-0.1, -0.05) is 0 Å². The highest BCUT2D eigenvalue weighted by Crippen LogP contribution is 2.13. The SMILES string of the molecule is CCOC(=O)c1c(CNC2CCCN(C(=O)O)C2)cnn1C. The van der Waals surface area contributed by atoms with E-state index >= 15 is 0 Å². The molecular weight excluding hydrogens is 288 g/mol. The minimum absolute atomic E-state index is 0.0834. The molecule has 1 fully saturated rings. The molecule has 1 amide bonds. The smallest absolute Gasteiger partial charge is 0.407 e. The molecule has 0 aliphatic carbocycles. The molecule has 1 atom stereocenters. The van der Waals surface area contributed by atoms with Crippen molar-refractivity contribution in [2.24, 2.45) is 7.05 Å². The number of ether oxygens (including phenoxy) is 1. The molecule has 2 N–H and O–H groups in total. The van der Waals surface area contributed by atoms with Crippen LogP contribution in [0.3, 0.4) is 0 Å². The molecule has 1 aromatic rings. The van der Waals surface area contributed by atoms with Gasteiger partial charge in [0.05, 0.1) is 12.8 Å². The van der Waals surface area contributed by atoms with Gasteiger partial charge in [0.1, 0.15) is 0 Å². The monoisotopic (exact) mass is 310 g/mol. The summed E-state index contributed by atoms with van der Waals surface area (Å²) >= 11 is 0. The Balaban J connectivity index is 1.97. The molecule has 0 spiro atoms. The number of aromatic nitrogens is 2. The van der Waals surface area contributed by atoms with Crippen LogP contribution in [0.5, 0.6) is 0 Å². The van der Waals surface area contributed by atoms with Crippen molar-refractivity contribution in [2.75, 3.05) is 19.7 Å². The summed E-state index contributed by atoms with van der Waals surface area (Å²) in [6, 6.07) is 0.0834. The summed E-state index contributed by atoms with van der Waals surface area (Å²) in [4.78, 5) is 24.4. The van der Waals surface area contributed by atoms with Gasteiger partial charge < -0.3 is 20.1 Å². The Morgan fingerprint density at radius 2 is 2.32 bits per heavy atom. The zero-order chi connectivity index (χ0) is 16.1. The van der Waals surface area contributed by atoms with Crippen LogP contribution in [0.25, 0.3) is 0 Å². The van der Waals surface area contributed by atoms with Crippen molar-refractivity contribution in [3.05, 3.63) is 17.5 Å². The molecule has 1 aromatic heterocycles. The second-order valence-corrected chi connectivity index (χ2v) is 5.31. The first-order valence-electron chi connectivity index (χ1n) is 7.42. The number of aryl methyl sites for hydroxylation is 1. The molecule has 0 aromatic carbocycles. The van der Waals surface area contributed by atoms with E-state index in [9.17, 15) is 9.59 Å². The highest BCUT2D eigenvalue weighted by atomic mass is 16.5. The van der Waals surface area contributed by atoms with Crippen LogP contribution in [-0.2, 0) is 18.3 Å². The molecule has 0 bridgehead atoms. The summed E-state index contributed by atoms with van der Waals surface area (Å²) in [5, 5.41) is 16.4. The lowest BCUT2D eigenvalue weighted by atomic mass is 10.1. The standard InChI is InChI=1S/C14H22N4O4/c1-3-22-13(19)12-10(8-16-17(12)2)7-15-11-5-4-6-18(9-11)14(20)21/h8,11,15H,3-7,9H2,1-2H3,(H,20,21). The van der Waals surface area contributed by atoms with Gasteiger partial charge in [-0.25, -0.2) is 9.59 Å². The number of likely N-dealkylation sites (tertiary alicyclic amines) is 1. The number of carbonyl (C=O) groups is 2. The Kier molecular flexibility index (Phi) is 5.37. The maximum atomic E-state index is 11.9.